The highest BCUT2D eigenvalue weighted by molar-refractivity contribution is 6.00. The quantitative estimate of drug-likeness (QED) is 0.867. The van der Waals surface area contributed by atoms with E-state index in [-0.39, 0.29) is 17.2 Å². The van der Waals surface area contributed by atoms with Gasteiger partial charge in [-0.3, -0.25) is 4.79 Å². The number of methoxy groups -OCH3 is 1. The van der Waals surface area contributed by atoms with Gasteiger partial charge in [-0.2, -0.15) is 0 Å². The lowest BCUT2D eigenvalue weighted by molar-refractivity contribution is -0.118. The maximum Gasteiger partial charge on any atom is 0.219 e. The summed E-state index contributed by atoms with van der Waals surface area (Å²) in [5, 5.41) is 14.4. The van der Waals surface area contributed by atoms with E-state index in [0.29, 0.717) is 18.1 Å². The van der Waals surface area contributed by atoms with Crippen LogP contribution in [0.3, 0.4) is 0 Å². The maximum absolute atomic E-state index is 13.0. The third-order valence-electron chi connectivity index (χ3n) is 4.67. The van der Waals surface area contributed by atoms with Gasteiger partial charge in [-0.1, -0.05) is 26.0 Å². The Bertz CT molecular complexity index is 869. The van der Waals surface area contributed by atoms with Gasteiger partial charge in [0.1, 0.15) is 5.75 Å². The number of nitrogens with zero attached hydrogens (tertiary/aromatic N) is 2. The van der Waals surface area contributed by atoms with Gasteiger partial charge in [-0.15, -0.1) is 0 Å². The number of Topliss-reactive ketones (excluding diaryl/α,β-unsaturated/α-hetero) is 1. The third-order valence-corrected chi connectivity index (χ3v) is 4.67. The molecule has 1 aliphatic heterocycles. The fraction of sp³-hybridized carbons (Fsp3) is 0.389. The molecule has 0 fully saturated rings. The molecule has 2 aromatic rings. The van der Waals surface area contributed by atoms with E-state index in [1.165, 1.54) is 0 Å². The highest BCUT2D eigenvalue weighted by Gasteiger charge is 2.39. The van der Waals surface area contributed by atoms with Crippen molar-refractivity contribution in [3.05, 3.63) is 41.1 Å². The lowest BCUT2D eigenvalue weighted by Gasteiger charge is -2.34. The lowest BCUT2D eigenvalue weighted by Crippen LogP contribution is -2.31. The van der Waals surface area contributed by atoms with Crippen molar-refractivity contribution >= 4 is 17.4 Å². The van der Waals surface area contributed by atoms with Crippen molar-refractivity contribution in [1.29, 1.82) is 0 Å². The summed E-state index contributed by atoms with van der Waals surface area (Å²) >= 11 is 0. The van der Waals surface area contributed by atoms with Crippen LogP contribution in [0.2, 0.25) is 0 Å². The summed E-state index contributed by atoms with van der Waals surface area (Å²) in [5.41, 5.74) is 2.42. The van der Waals surface area contributed by atoms with Gasteiger partial charge in [-0.05, 0) is 39.8 Å². The van der Waals surface area contributed by atoms with Crippen molar-refractivity contribution < 1.29 is 14.2 Å². The number of hydrogen-bond acceptors (Lipinski definition) is 7. The summed E-state index contributed by atoms with van der Waals surface area (Å²) in [4.78, 5) is 13.0. The molecule has 1 aliphatic carbocycles. The van der Waals surface area contributed by atoms with Crippen LogP contribution >= 0.6 is 0 Å². The van der Waals surface area contributed by atoms with Crippen molar-refractivity contribution in [3.8, 4) is 5.75 Å². The van der Waals surface area contributed by atoms with Gasteiger partial charge in [0.2, 0.25) is 11.6 Å². The molecule has 2 N–H and O–H groups in total. The number of ketones is 1. The first-order chi connectivity index (χ1) is 12.0. The Morgan fingerprint density at radius 2 is 2.04 bits per heavy atom. The number of carbonyl (C=O) groups is 1. The van der Waals surface area contributed by atoms with E-state index in [1.807, 2.05) is 24.3 Å². The Morgan fingerprint density at radius 3 is 2.84 bits per heavy atom. The zero-order valence-electron chi connectivity index (χ0n) is 14.4. The normalized spacial score (nSPS) is 21.6. The van der Waals surface area contributed by atoms with Gasteiger partial charge in [0.15, 0.2) is 5.78 Å². The average molecular weight is 340 g/mol. The molecule has 7 nitrogen and oxygen atoms in total. The molecule has 0 saturated heterocycles. The molecule has 0 saturated carbocycles. The third kappa shape index (κ3) is 2.75. The highest BCUT2D eigenvalue weighted by atomic mass is 16.6. The van der Waals surface area contributed by atoms with Crippen LogP contribution in [0.4, 0.5) is 11.6 Å². The predicted molar refractivity (Wildman–Crippen MR) is 92.3 cm³/mol. The van der Waals surface area contributed by atoms with Gasteiger partial charge in [0.05, 0.1) is 13.2 Å². The first-order valence-corrected chi connectivity index (χ1v) is 8.23. The Balaban J connectivity index is 1.87. The standard InChI is InChI=1S/C18H20N4O3/c1-18(2)8-12-14(13(23)9-18)15(10-5-4-6-11(7-10)24-3)20-17-16(19-12)21-25-22-17/h4-7,15H,8-9H2,1-3H3,(H,19,21)(H,20,22)/t15-/m1/s1. The van der Waals surface area contributed by atoms with Crippen LogP contribution in [0.15, 0.2) is 40.2 Å². The number of benzene rings is 1. The molecule has 2 heterocycles. The Labute approximate surface area is 145 Å². The molecule has 1 aromatic heterocycles. The summed E-state index contributed by atoms with van der Waals surface area (Å²) in [5.74, 6) is 1.86. The summed E-state index contributed by atoms with van der Waals surface area (Å²) in [6.07, 6.45) is 1.26. The molecule has 25 heavy (non-hydrogen) atoms. The van der Waals surface area contributed by atoms with Crippen molar-refractivity contribution in [2.24, 2.45) is 5.41 Å². The number of nitrogens with one attached hydrogen (secondary N) is 2. The first kappa shape index (κ1) is 15.7. The molecular formula is C18H20N4O3. The van der Waals surface area contributed by atoms with Gasteiger partial charge >= 0.3 is 0 Å². The van der Waals surface area contributed by atoms with Gasteiger partial charge in [0.25, 0.3) is 0 Å². The number of carbonyl (C=O) groups excluding carboxylic acids is 1. The molecule has 0 bridgehead atoms. The summed E-state index contributed by atoms with van der Waals surface area (Å²) in [7, 11) is 1.62. The molecule has 1 atom stereocenters. The number of hydrogen-bond donors (Lipinski definition) is 2. The summed E-state index contributed by atoms with van der Waals surface area (Å²) in [6.45, 7) is 4.19. The Morgan fingerprint density at radius 1 is 1.24 bits per heavy atom. The van der Waals surface area contributed by atoms with E-state index < -0.39 is 0 Å². The molecule has 0 radical (unpaired) electrons. The number of ether oxygens (including phenoxy) is 1. The number of fused-ring (bicyclic) bond motifs is 1. The lowest BCUT2D eigenvalue weighted by atomic mass is 9.73. The van der Waals surface area contributed by atoms with E-state index in [0.717, 1.165) is 29.0 Å². The van der Waals surface area contributed by atoms with Gasteiger partial charge in [0, 0.05) is 17.7 Å². The largest absolute Gasteiger partial charge is 0.497 e. The van der Waals surface area contributed by atoms with E-state index in [2.05, 4.69) is 34.8 Å². The van der Waals surface area contributed by atoms with Crippen molar-refractivity contribution in [3.63, 3.8) is 0 Å². The molecule has 0 spiro atoms. The van der Waals surface area contributed by atoms with Crippen molar-refractivity contribution in [2.45, 2.75) is 32.7 Å². The van der Waals surface area contributed by atoms with E-state index in [9.17, 15) is 4.79 Å². The fourth-order valence-corrected chi connectivity index (χ4v) is 3.57. The molecule has 1 aromatic carbocycles. The van der Waals surface area contributed by atoms with E-state index in [4.69, 9.17) is 9.37 Å². The smallest absolute Gasteiger partial charge is 0.219 e. The molecule has 0 amide bonds. The van der Waals surface area contributed by atoms with Crippen LogP contribution in [-0.4, -0.2) is 23.2 Å². The second-order valence-electron chi connectivity index (χ2n) is 7.27. The van der Waals surface area contributed by atoms with Crippen LogP contribution in [0.5, 0.6) is 5.75 Å². The number of anilines is 2. The van der Waals surface area contributed by atoms with Crippen LogP contribution in [-0.2, 0) is 4.79 Å². The minimum Gasteiger partial charge on any atom is -0.497 e. The molecular weight excluding hydrogens is 320 g/mol. The minimum absolute atomic E-state index is 0.108. The second kappa shape index (κ2) is 5.61. The monoisotopic (exact) mass is 340 g/mol. The molecule has 130 valence electrons. The highest BCUT2D eigenvalue weighted by Crippen LogP contribution is 2.44. The van der Waals surface area contributed by atoms with Crippen molar-refractivity contribution in [2.75, 3.05) is 17.7 Å². The first-order valence-electron chi connectivity index (χ1n) is 8.23. The molecule has 0 unspecified atom stereocenters. The van der Waals surface area contributed by atoms with E-state index >= 15 is 0 Å². The molecule has 4 rings (SSSR count). The topological polar surface area (TPSA) is 89.3 Å². The van der Waals surface area contributed by atoms with Crippen molar-refractivity contribution in [1.82, 2.24) is 10.3 Å². The van der Waals surface area contributed by atoms with Crippen LogP contribution in [0, 0.1) is 5.41 Å². The zero-order chi connectivity index (χ0) is 17.6. The van der Waals surface area contributed by atoms with Gasteiger partial charge < -0.3 is 15.4 Å². The van der Waals surface area contributed by atoms with Crippen LogP contribution in [0.25, 0.3) is 0 Å². The number of allylic oxidation sites excluding steroid dienone is 1. The zero-order valence-corrected chi connectivity index (χ0v) is 14.4. The Kier molecular flexibility index (Phi) is 3.52. The molecule has 7 heteroatoms. The number of rotatable bonds is 2. The van der Waals surface area contributed by atoms with E-state index in [1.54, 1.807) is 7.11 Å². The Hall–Kier alpha value is -2.83. The van der Waals surface area contributed by atoms with Crippen LogP contribution in [0.1, 0.15) is 38.3 Å². The summed E-state index contributed by atoms with van der Waals surface area (Å²) < 4.78 is 10.2. The molecule has 2 aliphatic rings. The minimum atomic E-state index is -0.339. The summed E-state index contributed by atoms with van der Waals surface area (Å²) in [6, 6.07) is 7.34. The second-order valence-corrected chi connectivity index (χ2v) is 7.27. The average Bonchev–Trinajstić information content (AvgIpc) is 2.93. The maximum atomic E-state index is 13.0. The predicted octanol–water partition coefficient (Wildman–Crippen LogP) is 3.30. The fourth-order valence-electron chi connectivity index (χ4n) is 3.57. The SMILES string of the molecule is COc1cccc([C@H]2Nc3nonc3NC3=C2C(=O)CC(C)(C)C3)c1. The van der Waals surface area contributed by atoms with Gasteiger partial charge in [-0.25, -0.2) is 4.63 Å². The van der Waals surface area contributed by atoms with Crippen LogP contribution < -0.4 is 15.4 Å². The number of aromatic nitrogens is 2.